The summed E-state index contributed by atoms with van der Waals surface area (Å²) in [6.07, 6.45) is 9.33. The summed E-state index contributed by atoms with van der Waals surface area (Å²) in [5.41, 5.74) is 11.6. The van der Waals surface area contributed by atoms with E-state index in [1.165, 1.54) is 32.1 Å². The molecule has 0 aliphatic carbocycles. The lowest BCUT2D eigenvalue weighted by molar-refractivity contribution is 0.675. The van der Waals surface area contributed by atoms with Crippen molar-refractivity contribution < 1.29 is 0 Å². The highest BCUT2D eigenvalue weighted by atomic mass is 35.5. The number of nitrogens with two attached hydrogens (primary N) is 2. The fourth-order valence-electron chi connectivity index (χ4n) is 2.17. The second-order valence-corrected chi connectivity index (χ2v) is 5.78. The molecule has 6 N–H and O–H groups in total. The van der Waals surface area contributed by atoms with E-state index in [1.807, 2.05) is 0 Å². The van der Waals surface area contributed by atoms with Gasteiger partial charge in [-0.05, 0) is 12.8 Å². The van der Waals surface area contributed by atoms with E-state index in [4.69, 9.17) is 11.5 Å². The molecule has 144 valence electrons. The molecule has 25 heavy (non-hydrogen) atoms. The summed E-state index contributed by atoms with van der Waals surface area (Å²) in [6, 6.07) is 0. The maximum atomic E-state index is 5.85. The number of nitrogen functional groups attached to an aromatic ring is 1. The molecule has 1 aromatic rings. The first-order valence-corrected chi connectivity index (χ1v) is 8.98. The Morgan fingerprint density at radius 1 is 0.920 bits per heavy atom. The average Bonchev–Trinajstić information content (AvgIpc) is 2.54. The molecular weight excluding hydrogens is 340 g/mol. The first-order chi connectivity index (χ1) is 11.7. The minimum absolute atomic E-state index is 0. The number of unbranched alkanes of at least 4 members (excludes halogenated alkanes) is 6. The van der Waals surface area contributed by atoms with Crippen LogP contribution in [0.15, 0.2) is 4.99 Å². The van der Waals surface area contributed by atoms with Gasteiger partial charge < -0.3 is 16.8 Å². The summed E-state index contributed by atoms with van der Waals surface area (Å²) in [4.78, 5) is 16.6. The van der Waals surface area contributed by atoms with Crippen LogP contribution >= 0.6 is 12.4 Å². The number of aromatic nitrogens is 3. The van der Waals surface area contributed by atoms with Crippen LogP contribution in [0, 0.1) is 0 Å². The van der Waals surface area contributed by atoms with E-state index in [0.717, 1.165) is 25.8 Å². The van der Waals surface area contributed by atoms with Gasteiger partial charge in [0.05, 0.1) is 0 Å². The second-order valence-electron chi connectivity index (χ2n) is 5.78. The summed E-state index contributed by atoms with van der Waals surface area (Å²) in [6.45, 7) is 5.87. The Morgan fingerprint density at radius 3 is 2.24 bits per heavy atom. The molecule has 8 nitrogen and oxygen atoms in total. The zero-order valence-corrected chi connectivity index (χ0v) is 16.2. The normalized spacial score (nSPS) is 11.0. The Balaban J connectivity index is 0.00000576. The fraction of sp³-hybridized carbons (Fsp3) is 0.750. The molecule has 0 aliphatic rings. The van der Waals surface area contributed by atoms with Gasteiger partial charge in [-0.2, -0.15) is 15.0 Å². The third-order valence-corrected chi connectivity index (χ3v) is 3.50. The van der Waals surface area contributed by atoms with Gasteiger partial charge in [-0.3, -0.25) is 10.3 Å². The van der Waals surface area contributed by atoms with Crippen LogP contribution < -0.4 is 22.1 Å². The first-order valence-electron chi connectivity index (χ1n) is 8.98. The monoisotopic (exact) mass is 372 g/mol. The van der Waals surface area contributed by atoms with Crippen molar-refractivity contribution in [1.29, 1.82) is 0 Å². The van der Waals surface area contributed by atoms with E-state index in [-0.39, 0.29) is 18.4 Å². The van der Waals surface area contributed by atoms with Crippen molar-refractivity contribution in [2.75, 3.05) is 29.5 Å². The number of halogens is 1. The molecule has 0 amide bonds. The zero-order chi connectivity index (χ0) is 17.6. The molecule has 1 aromatic heterocycles. The quantitative estimate of drug-likeness (QED) is 0.252. The molecule has 1 rings (SSSR count). The first kappa shape index (κ1) is 23.2. The van der Waals surface area contributed by atoms with E-state index in [0.29, 0.717) is 24.4 Å². The van der Waals surface area contributed by atoms with Crippen molar-refractivity contribution in [3.63, 3.8) is 0 Å². The minimum Gasteiger partial charge on any atom is -0.370 e. The number of anilines is 3. The van der Waals surface area contributed by atoms with Crippen molar-refractivity contribution in [2.24, 2.45) is 10.7 Å². The highest BCUT2D eigenvalue weighted by Crippen LogP contribution is 2.07. The molecule has 0 bridgehead atoms. The fourth-order valence-corrected chi connectivity index (χ4v) is 2.17. The SMILES string of the molecule is CCCCCCN=C(N)Nc1nc(N)nc(NCCCCCC)n1.Cl. The van der Waals surface area contributed by atoms with Crippen LogP contribution in [0.4, 0.5) is 17.8 Å². The van der Waals surface area contributed by atoms with Crippen molar-refractivity contribution in [2.45, 2.75) is 65.2 Å². The molecule has 0 spiro atoms. The summed E-state index contributed by atoms with van der Waals surface area (Å²) in [5, 5.41) is 6.03. The zero-order valence-electron chi connectivity index (χ0n) is 15.4. The number of rotatable bonds is 12. The van der Waals surface area contributed by atoms with E-state index in [2.05, 4.69) is 44.4 Å². The van der Waals surface area contributed by atoms with Crippen LogP contribution in [0.2, 0.25) is 0 Å². The molecule has 0 saturated carbocycles. The predicted molar refractivity (Wildman–Crippen MR) is 108 cm³/mol. The highest BCUT2D eigenvalue weighted by molar-refractivity contribution is 5.90. The Morgan fingerprint density at radius 2 is 1.56 bits per heavy atom. The van der Waals surface area contributed by atoms with E-state index >= 15 is 0 Å². The van der Waals surface area contributed by atoms with Crippen molar-refractivity contribution >= 4 is 36.2 Å². The molecular formula is C16H33ClN8. The third kappa shape index (κ3) is 11.4. The lowest BCUT2D eigenvalue weighted by atomic mass is 10.2. The molecule has 0 radical (unpaired) electrons. The molecule has 0 aromatic carbocycles. The van der Waals surface area contributed by atoms with Crippen LogP contribution in [0.5, 0.6) is 0 Å². The van der Waals surface area contributed by atoms with Crippen LogP contribution in [0.25, 0.3) is 0 Å². The third-order valence-electron chi connectivity index (χ3n) is 3.50. The molecule has 9 heteroatoms. The van der Waals surface area contributed by atoms with Gasteiger partial charge in [-0.15, -0.1) is 12.4 Å². The Bertz CT molecular complexity index is 495. The van der Waals surface area contributed by atoms with Gasteiger partial charge >= 0.3 is 0 Å². The summed E-state index contributed by atoms with van der Waals surface area (Å²) in [5.74, 6) is 1.22. The Labute approximate surface area is 157 Å². The number of hydrogen-bond donors (Lipinski definition) is 4. The summed E-state index contributed by atoms with van der Waals surface area (Å²) >= 11 is 0. The lowest BCUT2D eigenvalue weighted by Crippen LogP contribution is -2.25. The Hall–Kier alpha value is -1.83. The predicted octanol–water partition coefficient (Wildman–Crippen LogP) is 3.17. The largest absolute Gasteiger partial charge is 0.370 e. The molecule has 0 saturated heterocycles. The molecule has 1 heterocycles. The smallest absolute Gasteiger partial charge is 0.236 e. The molecule has 0 unspecified atom stereocenters. The second kappa shape index (κ2) is 14.5. The molecule has 0 atom stereocenters. The minimum atomic E-state index is 0. The van der Waals surface area contributed by atoms with E-state index < -0.39 is 0 Å². The standard InChI is InChI=1S/C16H32N8.ClH/c1-3-5-7-9-11-19-13(17)21-16-23-14(18)22-15(24-16)20-12-10-8-6-4-2;/h3-12H2,1-2H3,(H6,17,18,19,20,21,22,23,24);1H. The van der Waals surface area contributed by atoms with Crippen molar-refractivity contribution in [3.05, 3.63) is 0 Å². The van der Waals surface area contributed by atoms with Gasteiger partial charge in [0.2, 0.25) is 17.8 Å². The maximum absolute atomic E-state index is 5.85. The van der Waals surface area contributed by atoms with Crippen LogP contribution in [-0.2, 0) is 0 Å². The maximum Gasteiger partial charge on any atom is 0.236 e. The summed E-state index contributed by atoms with van der Waals surface area (Å²) in [7, 11) is 0. The topological polar surface area (TPSA) is 127 Å². The number of hydrogen-bond acceptors (Lipinski definition) is 6. The number of nitrogens with one attached hydrogen (secondary N) is 2. The van der Waals surface area contributed by atoms with E-state index in [1.54, 1.807) is 0 Å². The Kier molecular flexibility index (Phi) is 13.4. The molecule has 0 fully saturated rings. The van der Waals surface area contributed by atoms with Crippen LogP contribution in [0.1, 0.15) is 65.2 Å². The lowest BCUT2D eigenvalue weighted by Gasteiger charge is -2.08. The van der Waals surface area contributed by atoms with Gasteiger partial charge in [0, 0.05) is 13.1 Å². The number of aliphatic imine (C=N–C) groups is 1. The number of guanidine groups is 1. The van der Waals surface area contributed by atoms with Gasteiger partial charge in [-0.1, -0.05) is 52.4 Å². The highest BCUT2D eigenvalue weighted by Gasteiger charge is 2.05. The van der Waals surface area contributed by atoms with E-state index in [9.17, 15) is 0 Å². The van der Waals surface area contributed by atoms with Crippen LogP contribution in [-0.4, -0.2) is 34.0 Å². The molecule has 0 aliphatic heterocycles. The van der Waals surface area contributed by atoms with Crippen molar-refractivity contribution in [3.8, 4) is 0 Å². The van der Waals surface area contributed by atoms with Crippen LogP contribution in [0.3, 0.4) is 0 Å². The van der Waals surface area contributed by atoms with Gasteiger partial charge in [0.25, 0.3) is 0 Å². The average molecular weight is 373 g/mol. The van der Waals surface area contributed by atoms with Gasteiger partial charge in [-0.25, -0.2) is 0 Å². The van der Waals surface area contributed by atoms with Gasteiger partial charge in [0.15, 0.2) is 5.96 Å². The van der Waals surface area contributed by atoms with Gasteiger partial charge in [0.1, 0.15) is 0 Å². The number of nitrogens with zero attached hydrogens (tertiary/aromatic N) is 4. The van der Waals surface area contributed by atoms with Crippen molar-refractivity contribution in [1.82, 2.24) is 15.0 Å². The summed E-state index contributed by atoms with van der Waals surface area (Å²) < 4.78 is 0.